The van der Waals surface area contributed by atoms with Gasteiger partial charge in [-0.25, -0.2) is 0 Å². The van der Waals surface area contributed by atoms with Crippen LogP contribution in [0.1, 0.15) is 25.7 Å². The lowest BCUT2D eigenvalue weighted by atomic mass is 10.0. The van der Waals surface area contributed by atoms with Crippen LogP contribution in [-0.2, 0) is 26.8 Å². The lowest BCUT2D eigenvalue weighted by molar-refractivity contribution is -0.673. The molecule has 1 aliphatic rings. The number of benzene rings is 4. The zero-order chi connectivity index (χ0) is 33.2. The van der Waals surface area contributed by atoms with Crippen molar-refractivity contribution in [2.45, 2.75) is 32.5 Å². The summed E-state index contributed by atoms with van der Waals surface area (Å²) in [4.78, 5) is 1.84. The zero-order valence-corrected chi connectivity index (χ0v) is 27.3. The number of ether oxygens (including phenoxy) is 1. The Morgan fingerprint density at radius 3 is 2.04 bits per heavy atom. The van der Waals surface area contributed by atoms with Gasteiger partial charge in [-0.15, -0.1) is 0 Å². The van der Waals surface area contributed by atoms with Gasteiger partial charge in [0.15, 0.2) is 12.8 Å². The summed E-state index contributed by atoms with van der Waals surface area (Å²) in [5.41, 5.74) is 6.68. The molecule has 1 unspecified atom stereocenters. The van der Waals surface area contributed by atoms with Gasteiger partial charge in [-0.3, -0.25) is 9.11 Å². The van der Waals surface area contributed by atoms with Gasteiger partial charge >= 0.3 is 5.89 Å². The lowest BCUT2D eigenvalue weighted by Gasteiger charge is -2.25. The van der Waals surface area contributed by atoms with E-state index in [0.717, 1.165) is 33.5 Å². The third-order valence-electron chi connectivity index (χ3n) is 8.21. The second-order valence-corrected chi connectivity index (χ2v) is 14.5. The Balaban J connectivity index is 1.36. The van der Waals surface area contributed by atoms with E-state index in [9.17, 15) is 25.9 Å². The third kappa shape index (κ3) is 7.74. The molecule has 0 fully saturated rings. The minimum Gasteiger partial charge on any atom is -0.468 e. The molecule has 0 aliphatic carbocycles. The summed E-state index contributed by atoms with van der Waals surface area (Å²) < 4.78 is 80.6. The van der Waals surface area contributed by atoms with Crippen LogP contribution < -0.4 is 14.2 Å². The molecule has 5 aromatic rings. The summed E-state index contributed by atoms with van der Waals surface area (Å²) in [5.74, 6) is 0.0203. The maximum Gasteiger partial charge on any atom is 0.374 e. The number of hydrogen-bond donors (Lipinski definition) is 2. The molecule has 4 aromatic carbocycles. The van der Waals surface area contributed by atoms with Crippen molar-refractivity contribution in [3.63, 3.8) is 0 Å². The van der Waals surface area contributed by atoms with Crippen LogP contribution in [0.15, 0.2) is 107 Å². The smallest absolute Gasteiger partial charge is 0.374 e. The van der Waals surface area contributed by atoms with Crippen LogP contribution in [0.5, 0.6) is 5.75 Å². The molecule has 0 saturated carbocycles. The van der Waals surface area contributed by atoms with Crippen LogP contribution in [0.2, 0.25) is 0 Å². The van der Waals surface area contributed by atoms with Crippen molar-refractivity contribution in [1.82, 2.24) is 0 Å². The quantitative estimate of drug-likeness (QED) is 0.116. The van der Waals surface area contributed by atoms with Gasteiger partial charge < -0.3 is 14.1 Å². The molecule has 10 nitrogen and oxygen atoms in total. The highest BCUT2D eigenvalue weighted by Crippen LogP contribution is 2.42. The first-order chi connectivity index (χ1) is 22.5. The molecule has 0 radical (unpaired) electrons. The number of aromatic nitrogens is 1. The van der Waals surface area contributed by atoms with E-state index in [2.05, 4.69) is 0 Å². The van der Waals surface area contributed by atoms with Gasteiger partial charge in [-0.1, -0.05) is 85.3 Å². The van der Waals surface area contributed by atoms with Gasteiger partial charge in [0.25, 0.3) is 25.8 Å². The summed E-state index contributed by atoms with van der Waals surface area (Å²) in [7, 11) is -8.50. The van der Waals surface area contributed by atoms with Crippen molar-refractivity contribution in [2.75, 3.05) is 23.0 Å². The number of rotatable bonds is 12. The fourth-order valence-corrected chi connectivity index (χ4v) is 6.65. The molecule has 12 heteroatoms. The highest BCUT2D eigenvalue weighted by molar-refractivity contribution is 7.86. The number of nitrogens with zero attached hydrogens (tertiary/aromatic N) is 2. The minimum atomic E-state index is -4.26. The predicted octanol–water partition coefficient (Wildman–Crippen LogP) is 6.24. The zero-order valence-electron chi connectivity index (χ0n) is 25.7. The molecule has 244 valence electrons. The fraction of sp³-hybridized carbons (Fsp3) is 0.229. The standard InChI is InChI=1S/C35H34N2O8S2/c1-2-25(21-34-36(17-19-46(38,39)40)30-23-28(13-15-32(30)44-34)26-9-5-3-6-10-26)22-35-37(18-20-47(41,42)43)31-24-29(14-16-33(31)45-35)27-11-7-4-8-12-27/h3-16,21,23-24,35H,2,17-20,22H2,1H3,(H-,38,39,40,41,42,43)/p+1. The van der Waals surface area contributed by atoms with Crippen LogP contribution in [0.25, 0.3) is 39.4 Å². The largest absolute Gasteiger partial charge is 0.468 e. The van der Waals surface area contributed by atoms with Crippen molar-refractivity contribution in [1.29, 1.82) is 0 Å². The molecule has 0 bridgehead atoms. The van der Waals surface area contributed by atoms with Gasteiger partial charge in [0, 0.05) is 19.0 Å². The Morgan fingerprint density at radius 1 is 0.809 bits per heavy atom. The predicted molar refractivity (Wildman–Crippen MR) is 181 cm³/mol. The van der Waals surface area contributed by atoms with E-state index in [1.54, 1.807) is 4.57 Å². The van der Waals surface area contributed by atoms with Crippen molar-refractivity contribution in [2.24, 2.45) is 0 Å². The van der Waals surface area contributed by atoms with Crippen LogP contribution >= 0.6 is 0 Å². The molecular weight excluding hydrogens is 641 g/mol. The van der Waals surface area contributed by atoms with E-state index in [-0.39, 0.29) is 13.1 Å². The van der Waals surface area contributed by atoms with Gasteiger partial charge in [-0.2, -0.15) is 21.4 Å². The number of hydrogen-bond acceptors (Lipinski definition) is 7. The van der Waals surface area contributed by atoms with Crippen molar-refractivity contribution >= 4 is 43.1 Å². The Labute approximate surface area is 274 Å². The second kappa shape index (κ2) is 13.3. The Morgan fingerprint density at radius 2 is 1.43 bits per heavy atom. The number of anilines is 1. The normalized spacial score (nSPS) is 15.2. The summed E-state index contributed by atoms with van der Waals surface area (Å²) in [6.45, 7) is 1.94. The highest BCUT2D eigenvalue weighted by Gasteiger charge is 2.33. The Bertz CT molecular complexity index is 2150. The van der Waals surface area contributed by atoms with Crippen molar-refractivity contribution in [3.05, 3.63) is 109 Å². The van der Waals surface area contributed by atoms with E-state index >= 15 is 0 Å². The van der Waals surface area contributed by atoms with E-state index in [0.29, 0.717) is 35.6 Å². The first kappa shape index (κ1) is 32.5. The van der Waals surface area contributed by atoms with Gasteiger partial charge in [0.1, 0.15) is 11.5 Å². The van der Waals surface area contributed by atoms with Crippen LogP contribution in [0.4, 0.5) is 5.69 Å². The molecule has 0 saturated heterocycles. The average molecular weight is 676 g/mol. The molecule has 47 heavy (non-hydrogen) atoms. The summed E-state index contributed by atoms with van der Waals surface area (Å²) >= 11 is 0. The summed E-state index contributed by atoms with van der Waals surface area (Å²) in [6.07, 6.45) is 2.21. The summed E-state index contributed by atoms with van der Waals surface area (Å²) in [6, 6.07) is 31.0. The fourth-order valence-electron chi connectivity index (χ4n) is 5.81. The first-order valence-electron chi connectivity index (χ1n) is 15.2. The van der Waals surface area contributed by atoms with Gasteiger partial charge in [0.05, 0.1) is 17.5 Å². The van der Waals surface area contributed by atoms with Crippen LogP contribution in [0.3, 0.4) is 0 Å². The van der Waals surface area contributed by atoms with Crippen LogP contribution in [-0.4, -0.2) is 50.2 Å². The Hall–Kier alpha value is -4.49. The minimum absolute atomic E-state index is 0.00694. The molecular formula is C35H35N2O8S2+. The van der Waals surface area contributed by atoms with Crippen LogP contribution in [0, 0.1) is 0 Å². The van der Waals surface area contributed by atoms with E-state index in [4.69, 9.17) is 9.15 Å². The molecule has 1 aliphatic heterocycles. The third-order valence-corrected chi connectivity index (χ3v) is 9.60. The topological polar surface area (TPSA) is 138 Å². The summed E-state index contributed by atoms with van der Waals surface area (Å²) in [5, 5.41) is 0. The number of oxazole rings is 1. The van der Waals surface area contributed by atoms with E-state index in [1.165, 1.54) is 0 Å². The van der Waals surface area contributed by atoms with Crippen molar-refractivity contribution in [3.8, 4) is 28.0 Å². The SMILES string of the molecule is CCC(=Cc1oc2ccc(-c3ccccc3)cc2[n+]1CCS(=O)(=O)O)CC1Oc2ccc(-c3ccccc3)cc2N1CCS(=O)(=O)O. The Kier molecular flexibility index (Phi) is 9.20. The molecule has 2 heterocycles. The monoisotopic (exact) mass is 675 g/mol. The lowest BCUT2D eigenvalue weighted by Crippen LogP contribution is -2.39. The molecule has 0 amide bonds. The average Bonchev–Trinajstić information content (AvgIpc) is 3.58. The number of aryl methyl sites for hydroxylation is 1. The first-order valence-corrected chi connectivity index (χ1v) is 18.4. The maximum atomic E-state index is 11.8. The van der Waals surface area contributed by atoms with E-state index < -0.39 is 38.0 Å². The van der Waals surface area contributed by atoms with Gasteiger partial charge in [-0.05, 0) is 46.9 Å². The molecule has 1 atom stereocenters. The van der Waals surface area contributed by atoms with Crippen molar-refractivity contribution < 1.29 is 39.7 Å². The van der Waals surface area contributed by atoms with Gasteiger partial charge in [0.2, 0.25) is 5.58 Å². The molecule has 1 aromatic heterocycles. The van der Waals surface area contributed by atoms with E-state index in [1.807, 2.05) is 115 Å². The number of fused-ring (bicyclic) bond motifs is 2. The second-order valence-electron chi connectivity index (χ2n) is 11.4. The highest BCUT2D eigenvalue weighted by atomic mass is 32.2. The molecule has 6 rings (SSSR count). The molecule has 2 N–H and O–H groups in total. The molecule has 0 spiro atoms. The maximum absolute atomic E-state index is 11.8.